The minimum Gasteiger partial charge on any atom is -0.481 e. The van der Waals surface area contributed by atoms with Crippen LogP contribution in [-0.4, -0.2) is 156 Å². The van der Waals surface area contributed by atoms with Crippen molar-refractivity contribution in [3.63, 3.8) is 0 Å². The van der Waals surface area contributed by atoms with Crippen LogP contribution in [0.5, 0.6) is 0 Å². The normalized spacial score (nSPS) is 13.4. The first-order chi connectivity index (χ1) is 68.7. The molecule has 145 heavy (non-hydrogen) atoms. The van der Waals surface area contributed by atoms with Crippen LogP contribution in [0, 0.1) is 24.7 Å². The molecule has 10 aromatic carbocycles. The first-order valence-corrected chi connectivity index (χ1v) is 54.2. The molecule has 5 aromatic heterocycles. The monoisotopic (exact) mass is 2240 g/mol. The Balaban J connectivity index is 0.000000152. The molecule has 2 fully saturated rings. The topological polar surface area (TPSA) is 361 Å². The number of hydrogen-bond donors (Lipinski definition) is 5. The Kier molecular flexibility index (Phi) is 36.3. The molecule has 0 radical (unpaired) electrons. The van der Waals surface area contributed by atoms with Gasteiger partial charge < -0.3 is 25.5 Å². The van der Waals surface area contributed by atoms with Crippen molar-refractivity contribution in [3.05, 3.63) is 267 Å². The average Bonchev–Trinajstić information content (AvgIpc) is 1.65. The first kappa shape index (κ1) is 111. The highest BCUT2D eigenvalue weighted by Crippen LogP contribution is 2.49. The lowest BCUT2D eigenvalue weighted by atomic mass is 9.97. The predicted octanol–water partition coefficient (Wildman–Crippen LogP) is 27.3. The van der Waals surface area contributed by atoms with Crippen molar-refractivity contribution in [2.24, 2.45) is 17.8 Å². The second-order valence-electron chi connectivity index (χ2n) is 38.6. The van der Waals surface area contributed by atoms with Gasteiger partial charge in [0.05, 0.1) is 101 Å². The predicted molar refractivity (Wildman–Crippen MR) is 589 cm³/mol. The van der Waals surface area contributed by atoms with Gasteiger partial charge in [0.2, 0.25) is 0 Å². The summed E-state index contributed by atoms with van der Waals surface area (Å²) in [5.41, 5.74) is 10.3. The van der Waals surface area contributed by atoms with E-state index < -0.39 is 71.3 Å². The van der Waals surface area contributed by atoms with E-state index in [0.717, 1.165) is 80.8 Å². The number of aryl methyl sites for hydroxylation is 2. The fourth-order valence-electron chi connectivity index (χ4n) is 16.6. The highest BCUT2D eigenvalue weighted by Gasteiger charge is 2.40. The molecule has 3 unspecified atom stereocenters. The van der Waals surface area contributed by atoms with E-state index in [4.69, 9.17) is 25.5 Å². The van der Waals surface area contributed by atoms with Crippen molar-refractivity contribution in [3.8, 4) is 28.4 Å². The fraction of sp³-hybridized carbons (Fsp3) is 0.330. The second-order valence-corrected chi connectivity index (χ2v) is 49.0. The van der Waals surface area contributed by atoms with Gasteiger partial charge in [-0.05, 0) is 247 Å². The Bertz CT molecular complexity index is 7410. The standard InChI is InChI=1S/C24H25BrN2O3S.C23H25BrN2O3S.C23H24N2O3S.C21H21BrN2O3S.C21H22N2O3S/c1-14(22(29)30)12-20(28)24(2,3)31-23-26-13-21(25)27(23)19-11-10-16(15-8-9-15)17-6-4-5-7-18(17)19;1-5-15-10-11-18(17-9-7-6-8-16(15)17)26-20(24)13-25-22(26)30-23(3,4)19(27)12-14(2)21(28)29;1-23(2,20(26)11-12-21(27)28)29-22-24-13-14-25(22)19-10-9-16(15-7-8-15)17-5-3-4-6-18(17)19;1-13(19(26)27)11-17(25)21(2,3)28-20-23-12-18(22)24(20)16-10-6-8-14-7-4-5-9-15(14)16;1-14-8-9-17(16-7-5-4-6-15(14)16)23-13-12-22-20(23)27-21(2,3)18(24)10-11-19(25)26/h4-7,10-11,13-15H,8-9,12H2,1-3H3,(H,29,30);6-11,13-14H,5,12H2,1-4H3,(H,28,29);3-6,9-10,13-15H,7-8,11-12H2,1-2H3,(H,27,28);4-10,12-13H,11H2,1-3H3,(H,26,27);4-9,12-13H,10-11H2,1-3H3,(H,25,26). The van der Waals surface area contributed by atoms with Crippen molar-refractivity contribution in [2.45, 2.75) is 242 Å². The van der Waals surface area contributed by atoms with Crippen LogP contribution in [0.25, 0.3) is 82.3 Å². The lowest BCUT2D eigenvalue weighted by Crippen LogP contribution is -2.31. The zero-order chi connectivity index (χ0) is 105. The van der Waals surface area contributed by atoms with Crippen LogP contribution in [0.3, 0.4) is 0 Å². The summed E-state index contributed by atoms with van der Waals surface area (Å²) in [6.07, 6.45) is 18.1. The van der Waals surface area contributed by atoms with Gasteiger partial charge in [0.1, 0.15) is 42.7 Å². The number of halogens is 3. The van der Waals surface area contributed by atoms with Crippen molar-refractivity contribution < 1.29 is 73.5 Å². The molecule has 15 aromatic rings. The maximum Gasteiger partial charge on any atom is 0.306 e. The summed E-state index contributed by atoms with van der Waals surface area (Å²) in [5.74, 6) is -6.15. The van der Waals surface area contributed by atoms with Gasteiger partial charge >= 0.3 is 29.8 Å². The van der Waals surface area contributed by atoms with Crippen LogP contribution >= 0.6 is 107 Å². The van der Waals surface area contributed by atoms with Crippen LogP contribution in [0.2, 0.25) is 0 Å². The van der Waals surface area contributed by atoms with Gasteiger partial charge in [0.25, 0.3) is 0 Å². The average molecular weight is 2240 g/mol. The van der Waals surface area contributed by atoms with E-state index in [1.807, 2.05) is 165 Å². The quantitative estimate of drug-likeness (QED) is 0.0224. The van der Waals surface area contributed by atoms with E-state index >= 15 is 0 Å². The van der Waals surface area contributed by atoms with Crippen molar-refractivity contribution in [1.29, 1.82) is 0 Å². The van der Waals surface area contributed by atoms with Gasteiger partial charge in [-0.1, -0.05) is 244 Å². The zero-order valence-corrected chi connectivity index (χ0v) is 92.1. The summed E-state index contributed by atoms with van der Waals surface area (Å²) in [4.78, 5) is 141. The summed E-state index contributed by atoms with van der Waals surface area (Å²) < 4.78 is 8.44. The molecule has 5 N–H and O–H groups in total. The number of aliphatic carboxylic acids is 5. The smallest absolute Gasteiger partial charge is 0.306 e. The minimum atomic E-state index is -0.964. The Hall–Kier alpha value is -11.6. The van der Waals surface area contributed by atoms with Gasteiger partial charge in [-0.2, -0.15) is 0 Å². The van der Waals surface area contributed by atoms with Crippen LogP contribution in [0.15, 0.2) is 271 Å². The third-order valence-corrected chi connectivity index (χ3v) is 33.4. The molecular formula is C112H117Br3N10O15S5. The molecule has 2 aliphatic carbocycles. The Morgan fingerprint density at radius 1 is 0.338 bits per heavy atom. The summed E-state index contributed by atoms with van der Waals surface area (Å²) >= 11 is 17.6. The molecule has 17 rings (SSSR count). The van der Waals surface area contributed by atoms with E-state index in [0.29, 0.717) is 32.5 Å². The molecular weight excluding hydrogens is 2130 g/mol. The molecule has 0 bridgehead atoms. The Morgan fingerprint density at radius 3 is 1.01 bits per heavy atom. The van der Waals surface area contributed by atoms with Gasteiger partial charge in [-0.25, -0.2) is 24.9 Å². The number of thioether (sulfide) groups is 5. The van der Waals surface area contributed by atoms with Crippen LogP contribution in [-0.2, 0) is 54.4 Å². The van der Waals surface area contributed by atoms with E-state index in [9.17, 15) is 47.9 Å². The number of carbonyl (C=O) groups is 10. The molecule has 0 saturated heterocycles. The molecule has 0 amide bonds. The van der Waals surface area contributed by atoms with E-state index in [1.165, 1.54) is 134 Å². The number of Topliss-reactive ketones (excluding diaryl/α,β-unsaturated/α-hetero) is 5. The van der Waals surface area contributed by atoms with Gasteiger partial charge in [-0.3, -0.25) is 70.8 Å². The molecule has 2 saturated carbocycles. The highest BCUT2D eigenvalue weighted by molar-refractivity contribution is 9.11. The highest BCUT2D eigenvalue weighted by atomic mass is 79.9. The third-order valence-electron chi connectivity index (χ3n) is 25.6. The molecule has 5 heterocycles. The van der Waals surface area contributed by atoms with Crippen molar-refractivity contribution in [2.75, 3.05) is 0 Å². The van der Waals surface area contributed by atoms with Gasteiger partial charge in [-0.15, -0.1) is 0 Å². The number of benzene rings is 10. The molecule has 2 aliphatic rings. The largest absolute Gasteiger partial charge is 0.481 e. The SMILES string of the molecule is CC(C)(Sc1nccn1-c1ccc(C2CC2)c2ccccc12)C(=O)CCC(=O)O.CC(CC(=O)C(C)(C)Sc1ncc(Br)n1-c1ccc(C2CC2)c2ccccc12)C(=O)O.CC(CC(=O)C(C)(C)Sc1ncc(Br)n1-c1cccc2ccccc12)C(=O)O.CCc1ccc(-n2c(Br)cnc2SC(C)(C)C(=O)CC(C)C(=O)O)c2ccccc12.Cc1ccc(-n2ccnc2SC(C)(C)C(=O)CCC(=O)O)c2ccccc12. The molecule has 0 spiro atoms. The van der Waals surface area contributed by atoms with Crippen LogP contribution < -0.4 is 0 Å². The number of carboxylic acid groups (broad SMARTS) is 5. The second kappa shape index (κ2) is 47.5. The van der Waals surface area contributed by atoms with Crippen molar-refractivity contribution in [1.82, 2.24) is 47.8 Å². The number of rotatable bonds is 38. The van der Waals surface area contributed by atoms with Gasteiger partial charge in [0.15, 0.2) is 25.8 Å². The molecule has 756 valence electrons. The fourth-order valence-corrected chi connectivity index (χ4v) is 23.6. The number of ketones is 5. The third kappa shape index (κ3) is 26.9. The lowest BCUT2D eigenvalue weighted by Gasteiger charge is -2.24. The number of hydrogen-bond acceptors (Lipinski definition) is 20. The summed E-state index contributed by atoms with van der Waals surface area (Å²) in [5, 5.41) is 60.2. The number of nitrogens with zero attached hydrogens (tertiary/aromatic N) is 10. The number of imidazole rings is 5. The zero-order valence-electron chi connectivity index (χ0n) is 83.3. The molecule has 25 nitrogen and oxygen atoms in total. The summed E-state index contributed by atoms with van der Waals surface area (Å²) in [7, 11) is 0. The lowest BCUT2D eigenvalue weighted by molar-refractivity contribution is -0.143. The number of carboxylic acids is 5. The Morgan fingerprint density at radius 2 is 0.634 bits per heavy atom. The van der Waals surface area contributed by atoms with Gasteiger partial charge in [0, 0.05) is 83.8 Å². The maximum atomic E-state index is 12.8. The maximum absolute atomic E-state index is 12.8. The molecule has 3 atom stereocenters. The number of carbonyl (C=O) groups excluding carboxylic acids is 5. The van der Waals surface area contributed by atoms with Crippen molar-refractivity contribution >= 4 is 219 Å². The van der Waals surface area contributed by atoms with Crippen LogP contribution in [0.4, 0.5) is 0 Å². The number of fused-ring (bicyclic) bond motifs is 5. The minimum absolute atomic E-state index is 0.00374. The van der Waals surface area contributed by atoms with Crippen LogP contribution in [0.1, 0.15) is 202 Å². The van der Waals surface area contributed by atoms with E-state index in [1.54, 1.807) is 51.8 Å². The van der Waals surface area contributed by atoms with E-state index in [2.05, 4.69) is 214 Å². The molecule has 33 heteroatoms. The van der Waals surface area contributed by atoms with E-state index in [-0.39, 0.29) is 73.9 Å². The molecule has 0 aliphatic heterocycles. The Labute approximate surface area is 889 Å². The number of aromatic nitrogens is 10. The summed E-state index contributed by atoms with van der Waals surface area (Å²) in [6, 6.07) is 64.5. The first-order valence-electron chi connectivity index (χ1n) is 47.7. The summed E-state index contributed by atoms with van der Waals surface area (Å²) in [6.45, 7) is 27.1.